The third kappa shape index (κ3) is 4.73. The normalized spacial score (nSPS) is 13.9. The summed E-state index contributed by atoms with van der Waals surface area (Å²) < 4.78 is 48.7. The molecule has 0 atom stereocenters. The largest absolute Gasteiger partial charge is 0.480 e. The molecule has 39 heavy (non-hydrogen) atoms. The van der Waals surface area contributed by atoms with Crippen LogP contribution in [0, 0.1) is 0 Å². The Balaban J connectivity index is 1.32. The van der Waals surface area contributed by atoms with Crippen LogP contribution in [0.3, 0.4) is 0 Å². The molecule has 4 aromatic heterocycles. The zero-order valence-corrected chi connectivity index (χ0v) is 21.6. The Labute approximate surface area is 222 Å². The smallest absolute Gasteiger partial charge is 0.434 e. The fraction of sp³-hybridized carbons (Fsp3) is 0.321. The van der Waals surface area contributed by atoms with Gasteiger partial charge in [0.1, 0.15) is 17.7 Å². The fourth-order valence-electron chi connectivity index (χ4n) is 4.75. The molecule has 0 spiro atoms. The standard InChI is InChI=1S/C28H26F3N7O/c1-16(2)37-14-21(28(29,30)31)34-25(37)19-8-6-17(7-9-19)13-20-5-4-12-38-26(20)35-24(36-38)22-23(18-10-11-18)32-15-33-27(22)39-3/h4-9,12,14-16,18H,10-11,13H2,1-3H3. The first-order valence-electron chi connectivity index (χ1n) is 12.7. The number of rotatable bonds is 7. The summed E-state index contributed by atoms with van der Waals surface area (Å²) >= 11 is 0. The van der Waals surface area contributed by atoms with Crippen LogP contribution in [0.25, 0.3) is 28.4 Å². The number of ether oxygens (including phenoxy) is 1. The summed E-state index contributed by atoms with van der Waals surface area (Å²) in [5, 5.41) is 4.71. The summed E-state index contributed by atoms with van der Waals surface area (Å²) in [6.07, 6.45) is 2.62. The maximum absolute atomic E-state index is 13.3. The SMILES string of the molecule is COc1ncnc(C2CC2)c1-c1nc2c(Cc3ccc(-c4nc(C(F)(F)F)cn4C(C)C)cc3)cccn2n1. The second kappa shape index (κ2) is 9.48. The van der Waals surface area contributed by atoms with E-state index < -0.39 is 11.9 Å². The number of halogens is 3. The van der Waals surface area contributed by atoms with E-state index in [2.05, 4.69) is 15.0 Å². The lowest BCUT2D eigenvalue weighted by Gasteiger charge is -2.11. The van der Waals surface area contributed by atoms with E-state index in [1.807, 2.05) is 44.3 Å². The predicted molar refractivity (Wildman–Crippen MR) is 138 cm³/mol. The summed E-state index contributed by atoms with van der Waals surface area (Å²) in [6, 6.07) is 11.2. The van der Waals surface area contributed by atoms with Gasteiger partial charge in [-0.3, -0.25) is 0 Å². The number of aromatic nitrogens is 7. The predicted octanol–water partition coefficient (Wildman–Crippen LogP) is 6.13. The van der Waals surface area contributed by atoms with Gasteiger partial charge in [0.15, 0.2) is 17.2 Å². The van der Waals surface area contributed by atoms with Gasteiger partial charge in [0.25, 0.3) is 0 Å². The van der Waals surface area contributed by atoms with E-state index in [0.29, 0.717) is 41.1 Å². The average molecular weight is 534 g/mol. The first-order chi connectivity index (χ1) is 18.7. The maximum atomic E-state index is 13.3. The van der Waals surface area contributed by atoms with Crippen molar-refractivity contribution in [2.45, 2.75) is 51.2 Å². The summed E-state index contributed by atoms with van der Waals surface area (Å²) in [4.78, 5) is 17.5. The van der Waals surface area contributed by atoms with Crippen LogP contribution in [0.15, 0.2) is 55.1 Å². The molecule has 1 aliphatic carbocycles. The average Bonchev–Trinajstić information content (AvgIpc) is 3.49. The minimum Gasteiger partial charge on any atom is -0.480 e. The van der Waals surface area contributed by atoms with Gasteiger partial charge in [-0.25, -0.2) is 24.5 Å². The first-order valence-corrected chi connectivity index (χ1v) is 12.7. The minimum absolute atomic E-state index is 0.169. The van der Waals surface area contributed by atoms with Crippen LogP contribution in [0.5, 0.6) is 5.88 Å². The van der Waals surface area contributed by atoms with E-state index in [1.54, 1.807) is 28.3 Å². The molecule has 0 radical (unpaired) electrons. The van der Waals surface area contributed by atoms with Crippen molar-refractivity contribution in [2.24, 2.45) is 0 Å². The number of imidazole rings is 1. The highest BCUT2D eigenvalue weighted by Gasteiger charge is 2.35. The summed E-state index contributed by atoms with van der Waals surface area (Å²) in [5.41, 5.74) is 3.99. The van der Waals surface area contributed by atoms with Gasteiger partial charge >= 0.3 is 6.18 Å². The number of benzene rings is 1. The fourth-order valence-corrected chi connectivity index (χ4v) is 4.75. The minimum atomic E-state index is -4.50. The number of fused-ring (bicyclic) bond motifs is 1. The number of hydrogen-bond acceptors (Lipinski definition) is 6. The Hall–Kier alpha value is -4.28. The van der Waals surface area contributed by atoms with Crippen LogP contribution in [-0.2, 0) is 12.6 Å². The number of alkyl halides is 3. The second-order valence-corrected chi connectivity index (χ2v) is 9.98. The topological polar surface area (TPSA) is 83.0 Å². The van der Waals surface area contributed by atoms with Gasteiger partial charge in [-0.15, -0.1) is 5.10 Å². The number of pyridine rings is 1. The van der Waals surface area contributed by atoms with Crippen molar-refractivity contribution in [3.8, 4) is 28.7 Å². The molecule has 0 aliphatic heterocycles. The highest BCUT2D eigenvalue weighted by Crippen LogP contribution is 2.45. The number of nitrogens with zero attached hydrogens (tertiary/aromatic N) is 7. The van der Waals surface area contributed by atoms with E-state index in [9.17, 15) is 13.2 Å². The molecule has 1 aromatic carbocycles. The van der Waals surface area contributed by atoms with E-state index in [1.165, 1.54) is 6.33 Å². The Morgan fingerprint density at radius 1 is 1.05 bits per heavy atom. The molecule has 0 unspecified atom stereocenters. The van der Waals surface area contributed by atoms with Gasteiger partial charge in [-0.1, -0.05) is 30.3 Å². The molecule has 1 aliphatic rings. The zero-order chi connectivity index (χ0) is 27.3. The van der Waals surface area contributed by atoms with Crippen LogP contribution >= 0.6 is 0 Å². The van der Waals surface area contributed by atoms with Crippen molar-refractivity contribution in [3.63, 3.8) is 0 Å². The lowest BCUT2D eigenvalue weighted by molar-refractivity contribution is -0.140. The summed E-state index contributed by atoms with van der Waals surface area (Å²) in [7, 11) is 1.57. The maximum Gasteiger partial charge on any atom is 0.434 e. The molecule has 5 aromatic rings. The molecule has 8 nitrogen and oxygen atoms in total. The van der Waals surface area contributed by atoms with Crippen molar-refractivity contribution < 1.29 is 17.9 Å². The highest BCUT2D eigenvalue weighted by molar-refractivity contribution is 5.68. The third-order valence-corrected chi connectivity index (χ3v) is 6.85. The molecule has 0 N–H and O–H groups in total. The molecular formula is C28H26F3N7O. The second-order valence-electron chi connectivity index (χ2n) is 9.98. The summed E-state index contributed by atoms with van der Waals surface area (Å²) in [5.74, 6) is 1.62. The quantitative estimate of drug-likeness (QED) is 0.250. The van der Waals surface area contributed by atoms with E-state index in [0.717, 1.165) is 41.4 Å². The highest BCUT2D eigenvalue weighted by atomic mass is 19.4. The van der Waals surface area contributed by atoms with Gasteiger partial charge in [0.2, 0.25) is 5.88 Å². The Morgan fingerprint density at radius 3 is 2.49 bits per heavy atom. The molecular weight excluding hydrogens is 507 g/mol. The van der Waals surface area contributed by atoms with Crippen LogP contribution in [0.1, 0.15) is 61.2 Å². The first kappa shape index (κ1) is 25.0. The van der Waals surface area contributed by atoms with Gasteiger partial charge in [0, 0.05) is 41.9 Å². The lowest BCUT2D eigenvalue weighted by atomic mass is 10.0. The van der Waals surface area contributed by atoms with Crippen LogP contribution in [0.2, 0.25) is 0 Å². The van der Waals surface area contributed by atoms with Gasteiger partial charge < -0.3 is 9.30 Å². The number of hydrogen-bond donors (Lipinski definition) is 0. The molecule has 11 heteroatoms. The molecule has 1 fully saturated rings. The van der Waals surface area contributed by atoms with Crippen molar-refractivity contribution in [1.82, 2.24) is 34.1 Å². The number of methoxy groups -OCH3 is 1. The third-order valence-electron chi connectivity index (χ3n) is 6.85. The molecule has 1 saturated carbocycles. The van der Waals surface area contributed by atoms with E-state index in [-0.39, 0.29) is 6.04 Å². The monoisotopic (exact) mass is 533 g/mol. The van der Waals surface area contributed by atoms with E-state index >= 15 is 0 Å². The molecule has 0 saturated heterocycles. The molecule has 200 valence electrons. The Morgan fingerprint density at radius 2 is 1.82 bits per heavy atom. The van der Waals surface area contributed by atoms with Crippen LogP contribution in [0.4, 0.5) is 13.2 Å². The van der Waals surface area contributed by atoms with Crippen molar-refractivity contribution in [1.29, 1.82) is 0 Å². The van der Waals surface area contributed by atoms with Crippen molar-refractivity contribution in [2.75, 3.05) is 7.11 Å². The zero-order valence-electron chi connectivity index (χ0n) is 21.6. The Bertz CT molecular complexity index is 1650. The summed E-state index contributed by atoms with van der Waals surface area (Å²) in [6.45, 7) is 3.66. The van der Waals surface area contributed by atoms with Crippen LogP contribution in [-0.4, -0.2) is 41.2 Å². The van der Waals surface area contributed by atoms with Crippen molar-refractivity contribution in [3.05, 3.63) is 77.6 Å². The van der Waals surface area contributed by atoms with Crippen LogP contribution < -0.4 is 4.74 Å². The van der Waals surface area contributed by atoms with Crippen molar-refractivity contribution >= 4 is 5.65 Å². The van der Waals surface area contributed by atoms with Gasteiger partial charge in [-0.2, -0.15) is 13.2 Å². The van der Waals surface area contributed by atoms with E-state index in [4.69, 9.17) is 14.8 Å². The molecule has 6 rings (SSSR count). The molecule has 0 amide bonds. The lowest BCUT2D eigenvalue weighted by Crippen LogP contribution is -2.05. The Kier molecular flexibility index (Phi) is 6.08. The van der Waals surface area contributed by atoms with Gasteiger partial charge in [0.05, 0.1) is 12.8 Å². The molecule has 0 bridgehead atoms. The molecule has 4 heterocycles. The van der Waals surface area contributed by atoms with Gasteiger partial charge in [-0.05, 0) is 38.3 Å².